The lowest BCUT2D eigenvalue weighted by Gasteiger charge is -2.19. The number of imidazole rings is 1. The summed E-state index contributed by atoms with van der Waals surface area (Å²) in [4.78, 5) is 15.8. The van der Waals surface area contributed by atoms with Gasteiger partial charge in [0.05, 0.1) is 12.2 Å². The summed E-state index contributed by atoms with van der Waals surface area (Å²) in [5.74, 6) is -0.208. The van der Waals surface area contributed by atoms with Crippen LogP contribution < -0.4 is 0 Å². The predicted octanol–water partition coefficient (Wildman–Crippen LogP) is 3.31. The highest BCUT2D eigenvalue weighted by atomic mass is 16.4. The summed E-state index contributed by atoms with van der Waals surface area (Å²) in [5.41, 5.74) is 0.952. The van der Waals surface area contributed by atoms with E-state index >= 15 is 0 Å². The summed E-state index contributed by atoms with van der Waals surface area (Å²) in [6, 6.07) is 9.74. The molecule has 114 valence electrons. The number of carboxylic acid groups (broad SMARTS) is 1. The molecule has 0 amide bonds. The zero-order valence-electron chi connectivity index (χ0n) is 12.6. The summed E-state index contributed by atoms with van der Waals surface area (Å²) >= 11 is 0. The standard InChI is InChI=1S/C16H18N4O2/c1-11(12-6-4-3-5-7-12)20-13(15(21)22)10-17-14(20)8-9-16(2)18-19-16/h3-7,10-11H,8-9H2,1-2H3,(H,21,22). The molecular formula is C16H18N4O2. The van der Waals surface area contributed by atoms with Gasteiger partial charge in [-0.25, -0.2) is 9.78 Å². The Morgan fingerprint density at radius 3 is 2.59 bits per heavy atom. The Balaban J connectivity index is 1.92. The number of benzene rings is 1. The lowest BCUT2D eigenvalue weighted by molar-refractivity contribution is 0.0683. The monoisotopic (exact) mass is 298 g/mol. The topological polar surface area (TPSA) is 79.8 Å². The fourth-order valence-electron chi connectivity index (χ4n) is 2.59. The first-order chi connectivity index (χ1) is 10.5. The van der Waals surface area contributed by atoms with E-state index in [4.69, 9.17) is 0 Å². The third-order valence-corrected chi connectivity index (χ3v) is 4.03. The second-order valence-electron chi connectivity index (χ2n) is 5.74. The van der Waals surface area contributed by atoms with Gasteiger partial charge in [-0.3, -0.25) is 0 Å². The molecule has 6 heteroatoms. The Hall–Kier alpha value is -2.50. The van der Waals surface area contributed by atoms with Gasteiger partial charge in [0.25, 0.3) is 0 Å². The molecule has 0 bridgehead atoms. The molecule has 0 fully saturated rings. The van der Waals surface area contributed by atoms with Gasteiger partial charge >= 0.3 is 5.97 Å². The Morgan fingerprint density at radius 2 is 2.00 bits per heavy atom. The van der Waals surface area contributed by atoms with Gasteiger partial charge in [-0.05, 0) is 19.4 Å². The summed E-state index contributed by atoms with van der Waals surface area (Å²) in [6.45, 7) is 3.94. The van der Waals surface area contributed by atoms with Crippen LogP contribution in [0.15, 0.2) is 46.8 Å². The number of aryl methyl sites for hydroxylation is 1. The van der Waals surface area contributed by atoms with Crippen LogP contribution in [0.4, 0.5) is 0 Å². The van der Waals surface area contributed by atoms with E-state index in [0.717, 1.165) is 17.8 Å². The number of hydrogen-bond donors (Lipinski definition) is 1. The summed E-state index contributed by atoms with van der Waals surface area (Å²) in [6.07, 6.45) is 2.82. The van der Waals surface area contributed by atoms with Crippen molar-refractivity contribution in [3.8, 4) is 0 Å². The highest BCUT2D eigenvalue weighted by Crippen LogP contribution is 2.32. The minimum atomic E-state index is -0.964. The molecule has 6 nitrogen and oxygen atoms in total. The molecule has 1 aliphatic rings. The van der Waals surface area contributed by atoms with Crippen molar-refractivity contribution in [1.29, 1.82) is 0 Å². The molecule has 1 N–H and O–H groups in total. The van der Waals surface area contributed by atoms with Gasteiger partial charge in [-0.15, -0.1) is 0 Å². The number of carbonyl (C=O) groups is 1. The molecule has 2 aromatic rings. The second kappa shape index (κ2) is 5.36. The van der Waals surface area contributed by atoms with Gasteiger partial charge < -0.3 is 9.67 Å². The minimum Gasteiger partial charge on any atom is -0.477 e. The zero-order valence-corrected chi connectivity index (χ0v) is 12.6. The average Bonchev–Trinajstić information content (AvgIpc) is 3.10. The number of carboxylic acids is 1. The number of aromatic carboxylic acids is 1. The van der Waals surface area contributed by atoms with E-state index in [1.807, 2.05) is 44.2 Å². The van der Waals surface area contributed by atoms with Gasteiger partial charge in [-0.1, -0.05) is 30.3 Å². The number of aromatic nitrogens is 2. The van der Waals surface area contributed by atoms with Crippen LogP contribution in [-0.4, -0.2) is 26.3 Å². The largest absolute Gasteiger partial charge is 0.477 e. The predicted molar refractivity (Wildman–Crippen MR) is 81.0 cm³/mol. The molecule has 1 aromatic carbocycles. The van der Waals surface area contributed by atoms with E-state index in [0.29, 0.717) is 6.42 Å². The smallest absolute Gasteiger partial charge is 0.354 e. The third-order valence-electron chi connectivity index (χ3n) is 4.03. The molecule has 3 rings (SSSR count). The fraction of sp³-hybridized carbons (Fsp3) is 0.375. The molecule has 0 radical (unpaired) electrons. The molecule has 1 atom stereocenters. The van der Waals surface area contributed by atoms with Crippen molar-refractivity contribution in [2.75, 3.05) is 0 Å². The van der Waals surface area contributed by atoms with Crippen LogP contribution in [0.3, 0.4) is 0 Å². The van der Waals surface area contributed by atoms with Crippen molar-refractivity contribution >= 4 is 5.97 Å². The Morgan fingerprint density at radius 1 is 1.32 bits per heavy atom. The molecule has 0 aliphatic carbocycles. The molecule has 1 aromatic heterocycles. The van der Waals surface area contributed by atoms with E-state index < -0.39 is 5.97 Å². The average molecular weight is 298 g/mol. The third kappa shape index (κ3) is 2.77. The Bertz CT molecular complexity index is 715. The van der Waals surface area contributed by atoms with Crippen LogP contribution in [0.2, 0.25) is 0 Å². The first kappa shape index (κ1) is 14.4. The molecular weight excluding hydrogens is 280 g/mol. The normalized spacial score (nSPS) is 16.5. The minimum absolute atomic E-state index is 0.0920. The van der Waals surface area contributed by atoms with Crippen molar-refractivity contribution < 1.29 is 9.90 Å². The lowest BCUT2D eigenvalue weighted by Crippen LogP contribution is -2.18. The van der Waals surface area contributed by atoms with E-state index in [1.165, 1.54) is 6.20 Å². The van der Waals surface area contributed by atoms with Crippen molar-refractivity contribution in [1.82, 2.24) is 9.55 Å². The summed E-state index contributed by atoms with van der Waals surface area (Å²) in [5, 5.41) is 17.4. The highest BCUT2D eigenvalue weighted by molar-refractivity contribution is 5.85. The Kier molecular flexibility index (Phi) is 3.52. The fourth-order valence-corrected chi connectivity index (χ4v) is 2.59. The van der Waals surface area contributed by atoms with Crippen LogP contribution in [0.25, 0.3) is 0 Å². The second-order valence-corrected chi connectivity index (χ2v) is 5.74. The first-order valence-corrected chi connectivity index (χ1v) is 7.28. The van der Waals surface area contributed by atoms with Gasteiger partial charge in [0.1, 0.15) is 11.5 Å². The van der Waals surface area contributed by atoms with Gasteiger partial charge in [0.2, 0.25) is 0 Å². The SMILES string of the molecule is CC(c1ccccc1)n1c(C(=O)O)cnc1CCC1(C)N=N1. The molecule has 1 unspecified atom stereocenters. The molecule has 1 aliphatic heterocycles. The maximum atomic E-state index is 11.5. The summed E-state index contributed by atoms with van der Waals surface area (Å²) in [7, 11) is 0. The number of rotatable bonds is 6. The molecule has 0 saturated heterocycles. The quantitative estimate of drug-likeness (QED) is 0.888. The number of nitrogens with zero attached hydrogens (tertiary/aromatic N) is 4. The van der Waals surface area contributed by atoms with Gasteiger partial charge in [0.15, 0.2) is 5.66 Å². The molecule has 0 saturated carbocycles. The van der Waals surface area contributed by atoms with Crippen LogP contribution in [0.1, 0.15) is 48.2 Å². The van der Waals surface area contributed by atoms with Crippen molar-refractivity contribution in [2.24, 2.45) is 10.2 Å². The van der Waals surface area contributed by atoms with Crippen LogP contribution in [0, 0.1) is 0 Å². The highest BCUT2D eigenvalue weighted by Gasteiger charge is 2.34. The maximum absolute atomic E-state index is 11.5. The molecule has 22 heavy (non-hydrogen) atoms. The summed E-state index contributed by atoms with van der Waals surface area (Å²) < 4.78 is 1.80. The van der Waals surface area contributed by atoms with Crippen LogP contribution in [0.5, 0.6) is 0 Å². The zero-order chi connectivity index (χ0) is 15.7. The van der Waals surface area contributed by atoms with Crippen LogP contribution >= 0.6 is 0 Å². The molecule has 0 spiro atoms. The van der Waals surface area contributed by atoms with E-state index in [-0.39, 0.29) is 17.4 Å². The molecule has 2 heterocycles. The first-order valence-electron chi connectivity index (χ1n) is 7.28. The lowest BCUT2D eigenvalue weighted by atomic mass is 10.1. The van der Waals surface area contributed by atoms with Gasteiger partial charge in [-0.2, -0.15) is 10.2 Å². The van der Waals surface area contributed by atoms with Crippen LogP contribution in [-0.2, 0) is 6.42 Å². The Labute approximate surface area is 128 Å². The van der Waals surface area contributed by atoms with E-state index in [1.54, 1.807) is 4.57 Å². The van der Waals surface area contributed by atoms with Crippen molar-refractivity contribution in [3.63, 3.8) is 0 Å². The van der Waals surface area contributed by atoms with E-state index in [9.17, 15) is 9.90 Å². The van der Waals surface area contributed by atoms with Crippen molar-refractivity contribution in [3.05, 3.63) is 53.6 Å². The van der Waals surface area contributed by atoms with E-state index in [2.05, 4.69) is 15.2 Å². The van der Waals surface area contributed by atoms with Crippen molar-refractivity contribution in [2.45, 2.75) is 38.4 Å². The number of hydrogen-bond acceptors (Lipinski definition) is 4. The maximum Gasteiger partial charge on any atom is 0.354 e. The van der Waals surface area contributed by atoms with Gasteiger partial charge in [0, 0.05) is 12.8 Å².